The zero-order valence-electron chi connectivity index (χ0n) is 19.7. The van der Waals surface area contributed by atoms with Crippen LogP contribution in [0.15, 0.2) is 77.7 Å². The molecule has 1 heterocycles. The van der Waals surface area contributed by atoms with Crippen molar-refractivity contribution in [2.45, 2.75) is 24.7 Å². The van der Waals surface area contributed by atoms with E-state index in [4.69, 9.17) is 4.74 Å². The number of thiol groups is 1. The van der Waals surface area contributed by atoms with Crippen molar-refractivity contribution in [1.29, 1.82) is 0 Å². The molecule has 4 aromatic rings. The van der Waals surface area contributed by atoms with Crippen LogP contribution in [-0.2, 0) is 21.3 Å². The molecule has 0 fully saturated rings. The van der Waals surface area contributed by atoms with Crippen LogP contribution in [0.3, 0.4) is 0 Å². The van der Waals surface area contributed by atoms with Gasteiger partial charge in [0.1, 0.15) is 10.8 Å². The van der Waals surface area contributed by atoms with Crippen molar-refractivity contribution >= 4 is 49.5 Å². The summed E-state index contributed by atoms with van der Waals surface area (Å²) < 4.78 is 63.7. The molecular weight excluding hydrogens is 510 g/mol. The van der Waals surface area contributed by atoms with Gasteiger partial charge in [-0.3, -0.25) is 4.21 Å². The summed E-state index contributed by atoms with van der Waals surface area (Å²) in [6.45, 7) is 2.15. The van der Waals surface area contributed by atoms with Crippen molar-refractivity contribution < 1.29 is 31.6 Å². The van der Waals surface area contributed by atoms with Crippen LogP contribution in [0.1, 0.15) is 21.5 Å². The first-order chi connectivity index (χ1) is 17.0. The van der Waals surface area contributed by atoms with Crippen molar-refractivity contribution in [1.82, 2.24) is 0 Å². The maximum atomic E-state index is 14.4. The Bertz CT molecular complexity index is 1440. The van der Waals surface area contributed by atoms with E-state index in [0.29, 0.717) is 16.0 Å². The lowest BCUT2D eigenvalue weighted by molar-refractivity contribution is -0.274. The number of alkyl halides is 3. The van der Waals surface area contributed by atoms with Crippen LogP contribution in [0.5, 0.6) is 5.75 Å². The smallest absolute Gasteiger partial charge is 0.465 e. The number of hydrogen-bond donors (Lipinski definition) is 1. The predicted octanol–water partition coefficient (Wildman–Crippen LogP) is 5.44. The summed E-state index contributed by atoms with van der Waals surface area (Å²) in [6.07, 6.45) is -4.78. The summed E-state index contributed by atoms with van der Waals surface area (Å²) in [4.78, 5) is 12.4. The summed E-state index contributed by atoms with van der Waals surface area (Å²) in [5.74, 6) is -0.820. The first kappa shape index (κ1) is 25.8. The topological polar surface area (TPSA) is 55.8 Å². The molecule has 36 heavy (non-hydrogen) atoms. The van der Waals surface area contributed by atoms with Gasteiger partial charge in [0.2, 0.25) is 7.12 Å². The van der Waals surface area contributed by atoms with Crippen molar-refractivity contribution in [2.75, 3.05) is 11.4 Å². The van der Waals surface area contributed by atoms with Crippen LogP contribution in [0, 0.1) is 6.92 Å². The Morgan fingerprint density at radius 2 is 1.67 bits per heavy atom. The fourth-order valence-electron chi connectivity index (χ4n) is 3.89. The Morgan fingerprint density at radius 3 is 2.25 bits per heavy atom. The summed E-state index contributed by atoms with van der Waals surface area (Å²) in [5, 5.41) is 1.84. The number of methoxy groups -OCH3 is 1. The van der Waals surface area contributed by atoms with E-state index in [0.717, 1.165) is 20.7 Å². The number of aryl methyl sites for hydroxylation is 1. The van der Waals surface area contributed by atoms with Crippen LogP contribution in [0.25, 0.3) is 10.1 Å². The molecule has 3 aromatic carbocycles. The molecule has 0 saturated heterocycles. The molecule has 0 amide bonds. The Labute approximate surface area is 212 Å². The fraction of sp³-hybridized carbons (Fsp3) is 0.160. The molecule has 0 radical (unpaired) electrons. The number of anilines is 1. The number of esters is 1. The number of halogens is 3. The normalized spacial score (nSPS) is 12.4. The molecular formula is C25H23BF3NO4S2. The van der Waals surface area contributed by atoms with Crippen LogP contribution < -0.4 is 9.04 Å². The van der Waals surface area contributed by atoms with Gasteiger partial charge in [-0.15, -0.1) is 24.5 Å². The minimum Gasteiger partial charge on any atom is -0.465 e. The molecule has 11 heteroatoms. The molecule has 0 N–H and O–H groups in total. The largest absolute Gasteiger partial charge is 0.573 e. The first-order valence-electron chi connectivity index (χ1n) is 10.9. The van der Waals surface area contributed by atoms with Crippen LogP contribution in [0.2, 0.25) is 0 Å². The number of carbonyl (C=O) groups is 1. The fourth-order valence-corrected chi connectivity index (χ4v) is 7.51. The lowest BCUT2D eigenvalue weighted by Crippen LogP contribution is -2.36. The van der Waals surface area contributed by atoms with Gasteiger partial charge in [0.15, 0.2) is 0 Å². The highest BCUT2D eigenvalue weighted by Crippen LogP contribution is 2.42. The van der Waals surface area contributed by atoms with E-state index in [9.17, 15) is 22.2 Å². The van der Waals surface area contributed by atoms with Crippen LogP contribution in [-0.4, -0.2) is 30.8 Å². The van der Waals surface area contributed by atoms with E-state index < -0.39 is 22.3 Å². The number of thiophene rings is 1. The highest BCUT2D eigenvalue weighted by molar-refractivity contribution is 8.23. The van der Waals surface area contributed by atoms with E-state index in [2.05, 4.69) is 4.74 Å². The maximum Gasteiger partial charge on any atom is 0.573 e. The maximum absolute atomic E-state index is 14.4. The average Bonchev–Trinajstić information content (AvgIpc) is 3.18. The van der Waals surface area contributed by atoms with Crippen LogP contribution in [0.4, 0.5) is 18.2 Å². The van der Waals surface area contributed by atoms with Crippen molar-refractivity contribution in [3.8, 4) is 5.75 Å². The standard InChI is InChI=1S/C25H23BF3NO4S2/c1-16-21-5-3-4-6-22(21)35-23(16)30(15-17-7-11-19(12-8-17)34-25(27,28)29)36(26,32)20-13-9-18(10-14-20)24(31)33-2/h3-14,36H,15,26H2,1-2H3. The predicted molar refractivity (Wildman–Crippen MR) is 140 cm³/mol. The van der Waals surface area contributed by atoms with E-state index in [1.807, 2.05) is 31.2 Å². The van der Waals surface area contributed by atoms with Gasteiger partial charge < -0.3 is 13.8 Å². The third-order valence-corrected chi connectivity index (χ3v) is 9.72. The SMILES string of the molecule is B[SH](=O)(c1ccc(C(=O)OC)cc1)N(Cc1ccc(OC(F)(F)F)cc1)c1sc2ccccc2c1C. The molecule has 0 aliphatic rings. The molecule has 0 saturated carbocycles. The van der Waals surface area contributed by atoms with Gasteiger partial charge in [-0.25, -0.2) is 4.79 Å². The molecule has 0 atom stereocenters. The highest BCUT2D eigenvalue weighted by atomic mass is 32.2. The number of hydrogen-bond acceptors (Lipinski definition) is 5. The van der Waals surface area contributed by atoms with Gasteiger partial charge in [0.05, 0.1) is 19.2 Å². The van der Waals surface area contributed by atoms with E-state index >= 15 is 0 Å². The molecule has 0 bridgehead atoms. The zero-order valence-corrected chi connectivity index (χ0v) is 21.4. The zero-order chi connectivity index (χ0) is 26.1. The summed E-state index contributed by atoms with van der Waals surface area (Å²) in [5.41, 5.74) is 1.96. The van der Waals surface area contributed by atoms with Gasteiger partial charge >= 0.3 is 12.3 Å². The van der Waals surface area contributed by atoms with E-state index in [1.54, 1.807) is 35.7 Å². The summed E-state index contributed by atoms with van der Waals surface area (Å²) >= 11 is 1.50. The first-order valence-corrected chi connectivity index (χ1v) is 13.8. The number of ether oxygens (including phenoxy) is 2. The molecule has 0 spiro atoms. The second-order valence-corrected chi connectivity index (χ2v) is 12.0. The molecule has 4 rings (SSSR count). The molecule has 5 nitrogen and oxygen atoms in total. The molecule has 0 aliphatic heterocycles. The highest BCUT2D eigenvalue weighted by Gasteiger charge is 2.31. The lowest BCUT2D eigenvalue weighted by atomic mass is 10.2. The Kier molecular flexibility index (Phi) is 7.15. The van der Waals surface area contributed by atoms with Gasteiger partial charge in [-0.05, 0) is 65.9 Å². The monoisotopic (exact) mass is 533 g/mol. The second kappa shape index (κ2) is 9.98. The third kappa shape index (κ3) is 5.42. The molecule has 1 aromatic heterocycles. The second-order valence-electron chi connectivity index (χ2n) is 8.20. The molecule has 0 aliphatic carbocycles. The summed E-state index contributed by atoms with van der Waals surface area (Å²) in [6, 6.07) is 19.8. The van der Waals surface area contributed by atoms with Gasteiger partial charge in [-0.2, -0.15) is 0 Å². The van der Waals surface area contributed by atoms with Crippen molar-refractivity contribution in [3.63, 3.8) is 0 Å². The van der Waals surface area contributed by atoms with Gasteiger partial charge in [0.25, 0.3) is 0 Å². The van der Waals surface area contributed by atoms with E-state index in [-0.39, 0.29) is 12.3 Å². The number of fused-ring (bicyclic) bond motifs is 1. The summed E-state index contributed by atoms with van der Waals surface area (Å²) in [7, 11) is -0.315. The van der Waals surface area contributed by atoms with Crippen molar-refractivity contribution in [2.24, 2.45) is 0 Å². The van der Waals surface area contributed by atoms with E-state index in [1.165, 1.54) is 42.7 Å². The Hall–Kier alpha value is -3.31. The van der Waals surface area contributed by atoms with Gasteiger partial charge in [-0.1, -0.05) is 40.3 Å². The lowest BCUT2D eigenvalue weighted by Gasteiger charge is -2.36. The molecule has 0 unspecified atom stereocenters. The number of carbonyl (C=O) groups excluding carboxylic acids is 1. The van der Waals surface area contributed by atoms with Crippen LogP contribution >= 0.6 is 11.3 Å². The third-order valence-electron chi connectivity index (χ3n) is 5.77. The molecule has 188 valence electrons. The minimum atomic E-state index is -4.78. The quantitative estimate of drug-likeness (QED) is 0.195. The average molecular weight is 533 g/mol. The number of nitrogens with zero attached hydrogens (tertiary/aromatic N) is 1. The Balaban J connectivity index is 1.76. The minimum absolute atomic E-state index is 0.187. The Morgan fingerprint density at radius 1 is 1.03 bits per heavy atom. The van der Waals surface area contributed by atoms with Gasteiger partial charge in [0, 0.05) is 9.60 Å². The van der Waals surface area contributed by atoms with Crippen molar-refractivity contribution in [3.05, 3.63) is 89.5 Å². The number of rotatable bonds is 7. The number of benzene rings is 3.